The average molecular weight is 352 g/mol. The van der Waals surface area contributed by atoms with Gasteiger partial charge in [0.15, 0.2) is 5.11 Å². The highest BCUT2D eigenvalue weighted by Crippen LogP contribution is 2.13. The number of carbonyl (C=O) groups excluding carboxylic acids is 1. The normalized spacial score (nSPS) is 9.65. The van der Waals surface area contributed by atoms with Crippen LogP contribution in [0.25, 0.3) is 0 Å². The Morgan fingerprint density at radius 1 is 1.15 bits per heavy atom. The number of thiocarbonyl (C=S) groups is 1. The summed E-state index contributed by atoms with van der Waals surface area (Å²) < 4.78 is 0.970. The van der Waals surface area contributed by atoms with E-state index < -0.39 is 5.91 Å². The number of hydrogen-bond acceptors (Lipinski definition) is 4. The molecule has 1 aromatic carbocycles. The lowest BCUT2D eigenvalue weighted by Gasteiger charge is -2.11. The summed E-state index contributed by atoms with van der Waals surface area (Å²) in [4.78, 5) is 19.3. The van der Waals surface area contributed by atoms with E-state index in [0.29, 0.717) is 0 Å². The van der Waals surface area contributed by atoms with Gasteiger partial charge in [0.25, 0.3) is 5.91 Å². The van der Waals surface area contributed by atoms with Gasteiger partial charge in [-0.15, -0.1) is 0 Å². The van der Waals surface area contributed by atoms with Gasteiger partial charge in [0.05, 0.1) is 6.20 Å². The van der Waals surface area contributed by atoms with Gasteiger partial charge in [-0.25, -0.2) is 4.98 Å². The number of hydrogen-bond donors (Lipinski definition) is 3. The third kappa shape index (κ3) is 4.25. The molecule has 2 aromatic rings. The molecule has 0 unspecified atom stereocenters. The molecule has 0 bridgehead atoms. The quantitative estimate of drug-likeness (QED) is 0.566. The molecule has 1 heterocycles. The molecular formula is C12H10BrN5OS. The predicted octanol–water partition coefficient (Wildman–Crippen LogP) is 1.87. The molecule has 0 aliphatic rings. The van der Waals surface area contributed by atoms with Gasteiger partial charge in [-0.1, -0.05) is 15.9 Å². The Hall–Kier alpha value is -2.06. The van der Waals surface area contributed by atoms with E-state index in [9.17, 15) is 4.79 Å². The van der Waals surface area contributed by atoms with Crippen LogP contribution in [0.3, 0.4) is 0 Å². The number of nitrogens with zero attached hydrogens (tertiary/aromatic N) is 2. The molecule has 0 fully saturated rings. The van der Waals surface area contributed by atoms with Crippen molar-refractivity contribution in [3.05, 3.63) is 53.0 Å². The summed E-state index contributed by atoms with van der Waals surface area (Å²) in [5.41, 5.74) is 6.02. The van der Waals surface area contributed by atoms with Crippen LogP contribution in [0.1, 0.15) is 10.5 Å². The van der Waals surface area contributed by atoms with Crippen LogP contribution < -0.4 is 16.2 Å². The fourth-order valence-corrected chi connectivity index (χ4v) is 1.72. The Bertz CT molecular complexity index is 605. The van der Waals surface area contributed by atoms with Crippen LogP contribution in [0.5, 0.6) is 0 Å². The molecule has 1 aromatic heterocycles. The van der Waals surface area contributed by atoms with E-state index in [1.54, 1.807) is 0 Å². The number of carbonyl (C=O) groups is 1. The number of anilines is 1. The van der Waals surface area contributed by atoms with Crippen LogP contribution in [-0.4, -0.2) is 21.0 Å². The fourth-order valence-electron chi connectivity index (χ4n) is 1.29. The molecule has 1 amide bonds. The number of aromatic nitrogens is 2. The lowest BCUT2D eigenvalue weighted by molar-refractivity contribution is 0.0938. The minimum absolute atomic E-state index is 0.200. The molecular weight excluding hydrogens is 342 g/mol. The highest BCUT2D eigenvalue weighted by molar-refractivity contribution is 9.10. The fraction of sp³-hybridized carbons (Fsp3) is 0. The lowest BCUT2D eigenvalue weighted by atomic mass is 10.3. The van der Waals surface area contributed by atoms with E-state index in [0.717, 1.165) is 10.2 Å². The van der Waals surface area contributed by atoms with Crippen LogP contribution in [-0.2, 0) is 0 Å². The van der Waals surface area contributed by atoms with Crippen LogP contribution in [0.2, 0.25) is 0 Å². The van der Waals surface area contributed by atoms with Crippen molar-refractivity contribution < 1.29 is 4.79 Å². The Morgan fingerprint density at radius 2 is 1.90 bits per heavy atom. The van der Waals surface area contributed by atoms with Crippen molar-refractivity contribution in [2.24, 2.45) is 0 Å². The molecule has 0 atom stereocenters. The molecule has 0 spiro atoms. The van der Waals surface area contributed by atoms with Crippen LogP contribution in [0.4, 0.5) is 5.69 Å². The molecule has 0 saturated heterocycles. The summed E-state index contributed by atoms with van der Waals surface area (Å²) in [7, 11) is 0. The zero-order chi connectivity index (χ0) is 14.4. The highest BCUT2D eigenvalue weighted by Gasteiger charge is 2.06. The van der Waals surface area contributed by atoms with Crippen molar-refractivity contribution in [2.75, 3.05) is 5.32 Å². The van der Waals surface area contributed by atoms with Crippen molar-refractivity contribution >= 4 is 44.9 Å². The summed E-state index contributed by atoms with van der Waals surface area (Å²) in [6, 6.07) is 7.46. The second-order valence-electron chi connectivity index (χ2n) is 3.63. The van der Waals surface area contributed by atoms with Crippen molar-refractivity contribution in [1.29, 1.82) is 0 Å². The third-order valence-corrected chi connectivity index (χ3v) is 2.92. The van der Waals surface area contributed by atoms with Crippen LogP contribution in [0.15, 0.2) is 47.3 Å². The maximum absolute atomic E-state index is 11.7. The molecule has 102 valence electrons. The molecule has 0 saturated carbocycles. The van der Waals surface area contributed by atoms with E-state index in [1.807, 2.05) is 24.3 Å². The summed E-state index contributed by atoms with van der Waals surface area (Å²) in [5, 5.41) is 3.19. The average Bonchev–Trinajstić information content (AvgIpc) is 2.48. The number of hydrazine groups is 1. The molecule has 6 nitrogen and oxygen atoms in total. The van der Waals surface area contributed by atoms with Gasteiger partial charge < -0.3 is 5.32 Å². The van der Waals surface area contributed by atoms with E-state index >= 15 is 0 Å². The lowest BCUT2D eigenvalue weighted by Crippen LogP contribution is -2.44. The minimum atomic E-state index is -0.418. The maximum atomic E-state index is 11.7. The summed E-state index contributed by atoms with van der Waals surface area (Å²) in [6.45, 7) is 0. The van der Waals surface area contributed by atoms with Gasteiger partial charge >= 0.3 is 0 Å². The standard InChI is InChI=1S/C12H10BrN5OS/c13-8-1-3-9(4-2-8)16-12(20)18-17-11(19)10-7-14-5-6-15-10/h1-7H,(H,17,19)(H2,16,18,20). The topological polar surface area (TPSA) is 78.9 Å². The minimum Gasteiger partial charge on any atom is -0.331 e. The van der Waals surface area contributed by atoms with E-state index in [1.165, 1.54) is 18.6 Å². The monoisotopic (exact) mass is 351 g/mol. The second-order valence-corrected chi connectivity index (χ2v) is 4.95. The van der Waals surface area contributed by atoms with Gasteiger partial charge in [0.1, 0.15) is 5.69 Å². The first kappa shape index (κ1) is 14.4. The van der Waals surface area contributed by atoms with E-state index in [2.05, 4.69) is 42.1 Å². The van der Waals surface area contributed by atoms with Crippen LogP contribution in [0, 0.1) is 0 Å². The molecule has 8 heteroatoms. The van der Waals surface area contributed by atoms with Crippen molar-refractivity contribution in [3.8, 4) is 0 Å². The molecule has 20 heavy (non-hydrogen) atoms. The van der Waals surface area contributed by atoms with Gasteiger partial charge in [0.2, 0.25) is 0 Å². The van der Waals surface area contributed by atoms with Crippen molar-refractivity contribution in [1.82, 2.24) is 20.8 Å². The Labute approximate surface area is 129 Å². The van der Waals surface area contributed by atoms with E-state index in [4.69, 9.17) is 12.2 Å². The third-order valence-electron chi connectivity index (χ3n) is 2.19. The SMILES string of the molecule is O=C(NNC(=S)Nc1ccc(Br)cc1)c1cnccn1. The Balaban J connectivity index is 1.83. The summed E-state index contributed by atoms with van der Waals surface area (Å²) in [5.74, 6) is -0.418. The number of benzene rings is 1. The zero-order valence-electron chi connectivity index (χ0n) is 10.1. The predicted molar refractivity (Wildman–Crippen MR) is 83.0 cm³/mol. The highest BCUT2D eigenvalue weighted by atomic mass is 79.9. The van der Waals surface area contributed by atoms with Gasteiger partial charge in [-0.2, -0.15) is 0 Å². The van der Waals surface area contributed by atoms with Crippen LogP contribution >= 0.6 is 28.1 Å². The number of amides is 1. The Kier molecular flexibility index (Phi) is 4.97. The van der Waals surface area contributed by atoms with Gasteiger partial charge in [0, 0.05) is 22.6 Å². The van der Waals surface area contributed by atoms with Gasteiger partial charge in [-0.3, -0.25) is 20.6 Å². The zero-order valence-corrected chi connectivity index (χ0v) is 12.5. The Morgan fingerprint density at radius 3 is 2.55 bits per heavy atom. The van der Waals surface area contributed by atoms with Gasteiger partial charge in [-0.05, 0) is 36.5 Å². The molecule has 0 radical (unpaired) electrons. The first-order chi connectivity index (χ1) is 9.65. The molecule has 0 aliphatic heterocycles. The molecule has 3 N–H and O–H groups in total. The number of nitrogens with one attached hydrogen (secondary N) is 3. The summed E-state index contributed by atoms with van der Waals surface area (Å²) in [6.07, 6.45) is 4.29. The first-order valence-corrected chi connectivity index (χ1v) is 6.74. The van der Waals surface area contributed by atoms with Crippen molar-refractivity contribution in [2.45, 2.75) is 0 Å². The molecule has 0 aliphatic carbocycles. The summed E-state index contributed by atoms with van der Waals surface area (Å²) >= 11 is 8.39. The largest absolute Gasteiger partial charge is 0.331 e. The first-order valence-electron chi connectivity index (χ1n) is 5.54. The van der Waals surface area contributed by atoms with Crippen molar-refractivity contribution in [3.63, 3.8) is 0 Å². The maximum Gasteiger partial charge on any atom is 0.289 e. The number of rotatable bonds is 2. The smallest absolute Gasteiger partial charge is 0.289 e. The number of halogens is 1. The molecule has 2 rings (SSSR count). The van der Waals surface area contributed by atoms with E-state index in [-0.39, 0.29) is 10.8 Å². The second kappa shape index (κ2) is 6.92.